The smallest absolute Gasteiger partial charge is 0.242 e. The molecule has 0 radical (unpaired) electrons. The Bertz CT molecular complexity index is 502. The third-order valence-corrected chi connectivity index (χ3v) is 2.38. The van der Waals surface area contributed by atoms with Crippen LogP contribution in [0.3, 0.4) is 0 Å². The van der Waals surface area contributed by atoms with E-state index >= 15 is 0 Å². The molecule has 1 aromatic heterocycles. The first kappa shape index (κ1) is 10.7. The summed E-state index contributed by atoms with van der Waals surface area (Å²) in [5, 5.41) is 0.200. The van der Waals surface area contributed by atoms with Crippen LogP contribution >= 0.6 is 11.6 Å². The summed E-state index contributed by atoms with van der Waals surface area (Å²) in [7, 11) is 1.49. The molecule has 0 saturated carbocycles. The zero-order valence-corrected chi connectivity index (χ0v) is 9.40. The molecule has 1 aromatic carbocycles. The second kappa shape index (κ2) is 4.37. The second-order valence-electron chi connectivity index (χ2n) is 3.13. The molecule has 0 spiro atoms. The van der Waals surface area contributed by atoms with Gasteiger partial charge in [-0.25, -0.2) is 4.98 Å². The molecule has 0 atom stereocenters. The van der Waals surface area contributed by atoms with Crippen LogP contribution in [0.15, 0.2) is 30.3 Å². The van der Waals surface area contributed by atoms with Crippen molar-refractivity contribution in [3.05, 3.63) is 35.5 Å². The normalized spacial score (nSPS) is 10.1. The highest BCUT2D eigenvalue weighted by Crippen LogP contribution is 2.28. The van der Waals surface area contributed by atoms with Crippen molar-refractivity contribution in [1.82, 2.24) is 9.97 Å². The Morgan fingerprint density at radius 2 is 1.88 bits per heavy atom. The summed E-state index contributed by atoms with van der Waals surface area (Å²) in [6.07, 6.45) is 0. The number of methoxy groups -OCH3 is 1. The zero-order chi connectivity index (χ0) is 11.5. The number of nitrogens with zero attached hydrogens (tertiary/aromatic N) is 2. The lowest BCUT2D eigenvalue weighted by Gasteiger charge is -2.07. The molecule has 0 amide bonds. The van der Waals surface area contributed by atoms with Crippen LogP contribution in [-0.2, 0) is 0 Å². The van der Waals surface area contributed by atoms with Crippen LogP contribution in [-0.4, -0.2) is 17.1 Å². The third-order valence-electron chi connectivity index (χ3n) is 2.09. The maximum Gasteiger partial charge on any atom is 0.242 e. The van der Waals surface area contributed by atoms with Gasteiger partial charge in [-0.2, -0.15) is 4.98 Å². The molecule has 16 heavy (non-hydrogen) atoms. The Morgan fingerprint density at radius 3 is 2.50 bits per heavy atom. The molecular formula is C11H10ClN3O. The van der Waals surface area contributed by atoms with Gasteiger partial charge in [0.2, 0.25) is 5.88 Å². The zero-order valence-electron chi connectivity index (χ0n) is 8.64. The summed E-state index contributed by atoms with van der Waals surface area (Å²) in [4.78, 5) is 8.28. The summed E-state index contributed by atoms with van der Waals surface area (Å²) in [6.45, 7) is 0. The van der Waals surface area contributed by atoms with Crippen molar-refractivity contribution in [2.75, 3.05) is 12.8 Å². The number of nitrogen functional groups attached to an aromatic ring is 1. The number of benzene rings is 1. The minimum absolute atomic E-state index is 0.200. The van der Waals surface area contributed by atoms with Crippen LogP contribution < -0.4 is 10.5 Å². The number of aromatic nitrogens is 2. The monoisotopic (exact) mass is 235 g/mol. The van der Waals surface area contributed by atoms with Crippen molar-refractivity contribution >= 4 is 17.3 Å². The molecule has 0 aliphatic heterocycles. The average Bonchev–Trinajstić information content (AvgIpc) is 2.33. The Balaban J connectivity index is 2.55. The fourth-order valence-corrected chi connectivity index (χ4v) is 1.46. The van der Waals surface area contributed by atoms with Crippen molar-refractivity contribution < 1.29 is 4.74 Å². The van der Waals surface area contributed by atoms with E-state index in [4.69, 9.17) is 22.1 Å². The summed E-state index contributed by atoms with van der Waals surface area (Å²) >= 11 is 5.89. The van der Waals surface area contributed by atoms with Crippen molar-refractivity contribution in [2.24, 2.45) is 0 Å². The SMILES string of the molecule is COc1nc(-c2ccccc2)nc(Cl)c1N. The Hall–Kier alpha value is -1.81. The van der Waals surface area contributed by atoms with E-state index in [1.54, 1.807) is 0 Å². The fourth-order valence-electron chi connectivity index (χ4n) is 1.29. The first-order chi connectivity index (χ1) is 7.72. The molecular weight excluding hydrogens is 226 g/mol. The minimum atomic E-state index is 0.200. The molecule has 0 bridgehead atoms. The maximum atomic E-state index is 5.89. The maximum absolute atomic E-state index is 5.89. The second-order valence-corrected chi connectivity index (χ2v) is 3.49. The first-order valence-electron chi connectivity index (χ1n) is 4.65. The number of hydrogen-bond donors (Lipinski definition) is 1. The van der Waals surface area contributed by atoms with E-state index in [0.29, 0.717) is 11.7 Å². The van der Waals surface area contributed by atoms with Gasteiger partial charge in [0.25, 0.3) is 0 Å². The molecule has 5 heteroatoms. The summed E-state index contributed by atoms with van der Waals surface area (Å²) in [5.74, 6) is 0.788. The molecule has 1 heterocycles. The van der Waals surface area contributed by atoms with E-state index in [2.05, 4.69) is 9.97 Å². The summed E-state index contributed by atoms with van der Waals surface area (Å²) in [5.41, 5.74) is 6.78. The first-order valence-corrected chi connectivity index (χ1v) is 5.02. The Labute approximate surface area is 98.0 Å². The van der Waals surface area contributed by atoms with E-state index in [1.165, 1.54) is 7.11 Å². The van der Waals surface area contributed by atoms with Gasteiger partial charge >= 0.3 is 0 Å². The minimum Gasteiger partial charge on any atom is -0.479 e. The van der Waals surface area contributed by atoms with Gasteiger partial charge in [-0.1, -0.05) is 41.9 Å². The molecule has 4 nitrogen and oxygen atoms in total. The van der Waals surface area contributed by atoms with E-state index in [1.807, 2.05) is 30.3 Å². The number of rotatable bonds is 2. The van der Waals surface area contributed by atoms with Gasteiger partial charge < -0.3 is 10.5 Å². The lowest BCUT2D eigenvalue weighted by Crippen LogP contribution is -2.00. The highest BCUT2D eigenvalue weighted by Gasteiger charge is 2.11. The fraction of sp³-hybridized carbons (Fsp3) is 0.0909. The van der Waals surface area contributed by atoms with Gasteiger partial charge in [-0.15, -0.1) is 0 Å². The van der Waals surface area contributed by atoms with E-state index in [-0.39, 0.29) is 10.8 Å². The van der Waals surface area contributed by atoms with Gasteiger partial charge in [0.05, 0.1) is 7.11 Å². The van der Waals surface area contributed by atoms with Crippen LogP contribution in [0.5, 0.6) is 5.88 Å². The highest BCUT2D eigenvalue weighted by molar-refractivity contribution is 6.32. The van der Waals surface area contributed by atoms with Crippen LogP contribution in [0.1, 0.15) is 0 Å². The van der Waals surface area contributed by atoms with Gasteiger partial charge in [0, 0.05) is 5.56 Å². The largest absolute Gasteiger partial charge is 0.479 e. The quantitative estimate of drug-likeness (QED) is 0.812. The van der Waals surface area contributed by atoms with Crippen molar-refractivity contribution in [2.45, 2.75) is 0 Å². The summed E-state index contributed by atoms with van der Waals surface area (Å²) in [6, 6.07) is 9.49. The molecule has 0 fully saturated rings. The van der Waals surface area contributed by atoms with Crippen LogP contribution in [0.2, 0.25) is 5.15 Å². The molecule has 0 unspecified atom stereocenters. The molecule has 0 aliphatic rings. The lowest BCUT2D eigenvalue weighted by atomic mass is 10.2. The molecule has 82 valence electrons. The number of ether oxygens (including phenoxy) is 1. The van der Waals surface area contributed by atoms with Crippen LogP contribution in [0, 0.1) is 0 Å². The number of hydrogen-bond acceptors (Lipinski definition) is 4. The van der Waals surface area contributed by atoms with Gasteiger partial charge in [0.15, 0.2) is 11.0 Å². The number of halogens is 1. The number of anilines is 1. The predicted octanol–water partition coefficient (Wildman–Crippen LogP) is 2.39. The third kappa shape index (κ3) is 1.92. The van der Waals surface area contributed by atoms with E-state index in [9.17, 15) is 0 Å². The van der Waals surface area contributed by atoms with Crippen molar-refractivity contribution in [3.63, 3.8) is 0 Å². The van der Waals surface area contributed by atoms with Crippen LogP contribution in [0.4, 0.5) is 5.69 Å². The standard InChI is InChI=1S/C11H10ClN3O/c1-16-11-8(13)9(12)14-10(15-11)7-5-3-2-4-6-7/h2-6H,13H2,1H3. The predicted molar refractivity (Wildman–Crippen MR) is 63.4 cm³/mol. The van der Waals surface area contributed by atoms with E-state index in [0.717, 1.165) is 5.56 Å². The molecule has 0 saturated heterocycles. The molecule has 2 rings (SSSR count). The summed E-state index contributed by atoms with van der Waals surface area (Å²) < 4.78 is 5.03. The van der Waals surface area contributed by atoms with Crippen molar-refractivity contribution in [3.8, 4) is 17.3 Å². The molecule has 2 aromatic rings. The molecule has 2 N–H and O–H groups in total. The Morgan fingerprint density at radius 1 is 1.19 bits per heavy atom. The van der Waals surface area contributed by atoms with Crippen molar-refractivity contribution in [1.29, 1.82) is 0 Å². The Kier molecular flexibility index (Phi) is 2.92. The van der Waals surface area contributed by atoms with Crippen LogP contribution in [0.25, 0.3) is 11.4 Å². The average molecular weight is 236 g/mol. The molecule has 0 aliphatic carbocycles. The van der Waals surface area contributed by atoms with Gasteiger partial charge in [0.1, 0.15) is 5.69 Å². The highest BCUT2D eigenvalue weighted by atomic mass is 35.5. The van der Waals surface area contributed by atoms with E-state index < -0.39 is 0 Å². The van der Waals surface area contributed by atoms with Gasteiger partial charge in [-0.3, -0.25) is 0 Å². The van der Waals surface area contributed by atoms with Gasteiger partial charge in [-0.05, 0) is 0 Å². The topological polar surface area (TPSA) is 61.0 Å². The lowest BCUT2D eigenvalue weighted by molar-refractivity contribution is 0.400. The number of nitrogens with two attached hydrogens (primary N) is 1.